The van der Waals surface area contributed by atoms with E-state index in [0.717, 1.165) is 30.3 Å². The summed E-state index contributed by atoms with van der Waals surface area (Å²) in [6.07, 6.45) is 4.53. The van der Waals surface area contributed by atoms with Crippen LogP contribution in [0.15, 0.2) is 15.0 Å². The minimum absolute atomic E-state index is 0.572. The molecule has 0 bridgehead atoms. The van der Waals surface area contributed by atoms with E-state index in [1.165, 1.54) is 0 Å². The van der Waals surface area contributed by atoms with Crippen LogP contribution in [0.4, 0.5) is 0 Å². The molecule has 0 radical (unpaired) electrons. The average Bonchev–Trinajstić information content (AvgIpc) is 3.16. The number of H-pyrrole nitrogens is 1. The lowest BCUT2D eigenvalue weighted by atomic mass is 10.2. The zero-order valence-electron chi connectivity index (χ0n) is 12.0. The molecule has 0 atom stereocenters. The summed E-state index contributed by atoms with van der Waals surface area (Å²) < 4.78 is 10.7. The summed E-state index contributed by atoms with van der Waals surface area (Å²) in [5.74, 6) is 4.29. The van der Waals surface area contributed by atoms with Crippen molar-refractivity contribution in [3.05, 3.63) is 41.3 Å². The number of nitrogens with zero attached hydrogens (tertiary/aromatic N) is 5. The Kier molecular flexibility index (Phi) is 3.76. The molecule has 3 aromatic rings. The Bertz CT molecular complexity index is 655. The van der Waals surface area contributed by atoms with E-state index < -0.39 is 0 Å². The Morgan fingerprint density at radius 1 is 1.00 bits per heavy atom. The monoisotopic (exact) mass is 288 g/mol. The second-order valence-electron chi connectivity index (χ2n) is 4.76. The van der Waals surface area contributed by atoms with Gasteiger partial charge in [0.2, 0.25) is 11.8 Å². The van der Waals surface area contributed by atoms with Crippen LogP contribution in [0.5, 0.6) is 0 Å². The third-order valence-electron chi connectivity index (χ3n) is 2.99. The molecule has 0 unspecified atom stereocenters. The Morgan fingerprint density at radius 2 is 1.90 bits per heavy atom. The molecule has 0 amide bonds. The van der Waals surface area contributed by atoms with Gasteiger partial charge in [0, 0.05) is 39.5 Å². The van der Waals surface area contributed by atoms with Crippen LogP contribution in [-0.2, 0) is 25.7 Å². The smallest absolute Gasteiger partial charge is 0.217 e. The van der Waals surface area contributed by atoms with Crippen molar-refractivity contribution < 1.29 is 8.83 Å². The molecule has 0 fully saturated rings. The molecule has 8 nitrogen and oxygen atoms in total. The van der Waals surface area contributed by atoms with Crippen LogP contribution in [0.3, 0.4) is 0 Å². The summed E-state index contributed by atoms with van der Waals surface area (Å²) in [6, 6.07) is 0. The van der Waals surface area contributed by atoms with Gasteiger partial charge < -0.3 is 8.83 Å². The van der Waals surface area contributed by atoms with Gasteiger partial charge in [0.1, 0.15) is 11.6 Å². The molecule has 0 saturated heterocycles. The van der Waals surface area contributed by atoms with Crippen LogP contribution in [0.2, 0.25) is 0 Å². The molecule has 0 aliphatic carbocycles. The van der Waals surface area contributed by atoms with Gasteiger partial charge in [-0.1, -0.05) is 0 Å². The Hall–Kier alpha value is -2.51. The predicted octanol–water partition coefficient (Wildman–Crippen LogP) is 1.36. The van der Waals surface area contributed by atoms with E-state index in [4.69, 9.17) is 8.83 Å². The van der Waals surface area contributed by atoms with E-state index in [9.17, 15) is 0 Å². The molecular formula is C13H16N6O2. The lowest BCUT2D eigenvalue weighted by molar-refractivity contribution is 0.465. The summed E-state index contributed by atoms with van der Waals surface area (Å²) in [5, 5.41) is 14.8. The largest absolute Gasteiger partial charge is 0.446 e. The van der Waals surface area contributed by atoms with Crippen LogP contribution < -0.4 is 0 Å². The molecule has 110 valence electrons. The lowest BCUT2D eigenvalue weighted by Crippen LogP contribution is -1.95. The molecular weight excluding hydrogens is 272 g/mol. The van der Waals surface area contributed by atoms with Gasteiger partial charge in [-0.2, -0.15) is 5.10 Å². The van der Waals surface area contributed by atoms with Crippen LogP contribution in [0, 0.1) is 13.8 Å². The summed E-state index contributed by atoms with van der Waals surface area (Å²) in [5.41, 5.74) is 0. The molecule has 3 rings (SSSR count). The highest BCUT2D eigenvalue weighted by Crippen LogP contribution is 2.07. The lowest BCUT2D eigenvalue weighted by Gasteiger charge is -1.92. The van der Waals surface area contributed by atoms with E-state index >= 15 is 0 Å². The Labute approximate surface area is 121 Å². The normalized spacial score (nSPS) is 11.1. The van der Waals surface area contributed by atoms with Crippen molar-refractivity contribution in [2.24, 2.45) is 0 Å². The molecule has 1 N–H and O–H groups in total. The minimum atomic E-state index is 0.572. The molecule has 0 aliphatic heterocycles. The van der Waals surface area contributed by atoms with E-state index in [-0.39, 0.29) is 0 Å². The van der Waals surface area contributed by atoms with Crippen molar-refractivity contribution in [2.45, 2.75) is 39.5 Å². The number of aromatic nitrogens is 6. The van der Waals surface area contributed by atoms with Crippen molar-refractivity contribution in [3.8, 4) is 0 Å². The molecule has 8 heteroatoms. The maximum Gasteiger partial charge on any atom is 0.217 e. The fourth-order valence-electron chi connectivity index (χ4n) is 1.98. The summed E-state index contributed by atoms with van der Waals surface area (Å²) in [4.78, 5) is 8.50. The van der Waals surface area contributed by atoms with Gasteiger partial charge in [-0.15, -0.1) is 10.2 Å². The van der Waals surface area contributed by atoms with Gasteiger partial charge in [-0.25, -0.2) is 9.97 Å². The fraction of sp³-hybridized carbons (Fsp3) is 0.462. The van der Waals surface area contributed by atoms with E-state index in [2.05, 4.69) is 30.4 Å². The highest BCUT2D eigenvalue weighted by molar-refractivity contribution is 4.98. The Morgan fingerprint density at radius 3 is 2.62 bits per heavy atom. The maximum absolute atomic E-state index is 5.42. The van der Waals surface area contributed by atoms with Crippen LogP contribution in [-0.4, -0.2) is 30.4 Å². The minimum Gasteiger partial charge on any atom is -0.446 e. The number of rotatable bonds is 6. The van der Waals surface area contributed by atoms with Gasteiger partial charge in [0.15, 0.2) is 11.7 Å². The first-order chi connectivity index (χ1) is 10.2. The number of hydrogen-bond donors (Lipinski definition) is 1. The summed E-state index contributed by atoms with van der Waals surface area (Å²) in [6.45, 7) is 3.60. The van der Waals surface area contributed by atoms with Crippen molar-refractivity contribution in [1.29, 1.82) is 0 Å². The van der Waals surface area contributed by atoms with Gasteiger partial charge >= 0.3 is 0 Å². The van der Waals surface area contributed by atoms with E-state index in [0.29, 0.717) is 30.5 Å². The third kappa shape index (κ3) is 3.53. The molecule has 21 heavy (non-hydrogen) atoms. The van der Waals surface area contributed by atoms with Crippen LogP contribution in [0.25, 0.3) is 0 Å². The zero-order chi connectivity index (χ0) is 14.7. The molecule has 0 aliphatic rings. The number of oxazole rings is 1. The van der Waals surface area contributed by atoms with E-state index in [1.54, 1.807) is 13.1 Å². The number of aryl methyl sites for hydroxylation is 6. The predicted molar refractivity (Wildman–Crippen MR) is 71.5 cm³/mol. The molecule has 3 heterocycles. The SMILES string of the molecule is Cc1ncc(CCc2nc(CCc3nnc(C)o3)n[nH]2)o1. The maximum atomic E-state index is 5.42. The zero-order valence-corrected chi connectivity index (χ0v) is 12.0. The topological polar surface area (TPSA) is 107 Å². The summed E-state index contributed by atoms with van der Waals surface area (Å²) >= 11 is 0. The molecule has 0 spiro atoms. The highest BCUT2D eigenvalue weighted by Gasteiger charge is 2.08. The van der Waals surface area contributed by atoms with Crippen molar-refractivity contribution in [1.82, 2.24) is 30.4 Å². The van der Waals surface area contributed by atoms with Gasteiger partial charge in [0.05, 0.1) is 6.20 Å². The first kappa shape index (κ1) is 13.5. The van der Waals surface area contributed by atoms with Gasteiger partial charge in [-0.3, -0.25) is 5.10 Å². The third-order valence-corrected chi connectivity index (χ3v) is 2.99. The second kappa shape index (κ2) is 5.86. The van der Waals surface area contributed by atoms with Crippen molar-refractivity contribution >= 4 is 0 Å². The quantitative estimate of drug-likeness (QED) is 0.729. The average molecular weight is 288 g/mol. The van der Waals surface area contributed by atoms with Gasteiger partial charge in [-0.05, 0) is 0 Å². The summed E-state index contributed by atoms with van der Waals surface area (Å²) in [7, 11) is 0. The van der Waals surface area contributed by atoms with E-state index in [1.807, 2.05) is 6.92 Å². The van der Waals surface area contributed by atoms with Gasteiger partial charge in [0.25, 0.3) is 0 Å². The molecule has 3 aromatic heterocycles. The fourth-order valence-corrected chi connectivity index (χ4v) is 1.98. The number of nitrogens with one attached hydrogen (secondary N) is 1. The first-order valence-corrected chi connectivity index (χ1v) is 6.79. The van der Waals surface area contributed by atoms with Crippen molar-refractivity contribution in [3.63, 3.8) is 0 Å². The first-order valence-electron chi connectivity index (χ1n) is 6.79. The molecule has 0 saturated carbocycles. The number of aromatic amines is 1. The molecule has 0 aromatic carbocycles. The number of hydrogen-bond acceptors (Lipinski definition) is 7. The van der Waals surface area contributed by atoms with Crippen LogP contribution >= 0.6 is 0 Å². The second-order valence-corrected chi connectivity index (χ2v) is 4.76. The highest BCUT2D eigenvalue weighted by atomic mass is 16.4. The van der Waals surface area contributed by atoms with Crippen LogP contribution in [0.1, 0.15) is 35.1 Å². The van der Waals surface area contributed by atoms with Crippen molar-refractivity contribution in [2.75, 3.05) is 0 Å². The standard InChI is InChI=1S/C13H16N6O2/c1-8-14-7-10(20-8)3-4-11-15-12(18-17-11)5-6-13-19-16-9(2)21-13/h7H,3-6H2,1-2H3,(H,15,17,18). The Balaban J connectivity index is 1.51.